The molecule has 1 aromatic rings. The van der Waals surface area contributed by atoms with Crippen LogP contribution in [0.3, 0.4) is 0 Å². The van der Waals surface area contributed by atoms with Crippen molar-refractivity contribution >= 4 is 26.5 Å². The third-order valence-electron chi connectivity index (χ3n) is 1.79. The van der Waals surface area contributed by atoms with Gasteiger partial charge in [0.25, 0.3) is 10.0 Å². The molecule has 0 saturated heterocycles. The zero-order valence-electron chi connectivity index (χ0n) is 8.96. The normalized spacial score (nSPS) is 11.9. The second-order valence-corrected chi connectivity index (χ2v) is 6.18. The zero-order chi connectivity index (χ0) is 12.2. The van der Waals surface area contributed by atoms with E-state index in [0.717, 1.165) is 17.8 Å². The highest BCUT2D eigenvalue weighted by Crippen LogP contribution is 2.21. The van der Waals surface area contributed by atoms with Crippen molar-refractivity contribution in [3.63, 3.8) is 0 Å². The van der Waals surface area contributed by atoms with E-state index in [9.17, 15) is 8.42 Å². The van der Waals surface area contributed by atoms with Crippen LogP contribution in [0.15, 0.2) is 17.0 Å². The molecule has 0 radical (unpaired) electrons. The third kappa shape index (κ3) is 2.77. The van der Waals surface area contributed by atoms with E-state index >= 15 is 0 Å². The summed E-state index contributed by atoms with van der Waals surface area (Å²) in [6.45, 7) is 6.12. The predicted octanol–water partition coefficient (Wildman–Crippen LogP) is 0.707. The van der Waals surface area contributed by atoms with E-state index in [1.807, 2.05) is 6.92 Å². The van der Waals surface area contributed by atoms with Gasteiger partial charge < -0.3 is 5.73 Å². The Bertz CT molecular complexity index is 454. The molecule has 0 aliphatic heterocycles. The van der Waals surface area contributed by atoms with Crippen molar-refractivity contribution in [3.05, 3.63) is 12.7 Å². The minimum atomic E-state index is -3.58. The fourth-order valence-electron chi connectivity index (χ4n) is 1.14. The molecule has 0 spiro atoms. The average molecular weight is 262 g/mol. The van der Waals surface area contributed by atoms with E-state index < -0.39 is 10.0 Å². The summed E-state index contributed by atoms with van der Waals surface area (Å²) >= 11 is 0.866. The number of hydrogen-bond donors (Lipinski definition) is 1. The quantitative estimate of drug-likeness (QED) is 0.762. The molecule has 0 unspecified atom stereocenters. The van der Waals surface area contributed by atoms with Crippen molar-refractivity contribution in [2.45, 2.75) is 17.7 Å². The molecule has 1 rings (SSSR count). The van der Waals surface area contributed by atoms with Gasteiger partial charge >= 0.3 is 0 Å². The number of rotatable bonds is 6. The number of aromatic nitrogens is 2. The van der Waals surface area contributed by atoms with Crippen LogP contribution in [-0.2, 0) is 10.0 Å². The first kappa shape index (κ1) is 13.1. The minimum Gasteiger partial charge on any atom is -0.374 e. The van der Waals surface area contributed by atoms with Crippen molar-refractivity contribution in [1.82, 2.24) is 14.5 Å². The van der Waals surface area contributed by atoms with Gasteiger partial charge in [0.05, 0.1) is 0 Å². The summed E-state index contributed by atoms with van der Waals surface area (Å²) < 4.78 is 25.3. The SMILES string of the molecule is C=CCN(CCC)S(=O)(=O)c1nnc(N)s1. The van der Waals surface area contributed by atoms with Crippen molar-refractivity contribution in [1.29, 1.82) is 0 Å². The second-order valence-electron chi connectivity index (χ2n) is 3.06. The van der Waals surface area contributed by atoms with Gasteiger partial charge in [0, 0.05) is 13.1 Å². The fourth-order valence-corrected chi connectivity index (χ4v) is 3.56. The average Bonchev–Trinajstić information content (AvgIpc) is 2.65. The molecule has 1 aromatic heterocycles. The molecule has 0 aromatic carbocycles. The first-order valence-corrected chi connectivity index (χ1v) is 6.98. The summed E-state index contributed by atoms with van der Waals surface area (Å²) in [7, 11) is -3.58. The largest absolute Gasteiger partial charge is 0.374 e. The Morgan fingerprint density at radius 1 is 1.56 bits per heavy atom. The number of anilines is 1. The maximum Gasteiger partial charge on any atom is 0.272 e. The van der Waals surface area contributed by atoms with E-state index in [4.69, 9.17) is 5.73 Å². The Kier molecular flexibility index (Phi) is 4.39. The molecule has 6 nitrogen and oxygen atoms in total. The van der Waals surface area contributed by atoms with Crippen LogP contribution >= 0.6 is 11.3 Å². The summed E-state index contributed by atoms with van der Waals surface area (Å²) in [4.78, 5) is 0. The van der Waals surface area contributed by atoms with E-state index in [1.54, 1.807) is 0 Å². The molecule has 1 heterocycles. The van der Waals surface area contributed by atoms with E-state index in [0.29, 0.717) is 6.54 Å². The van der Waals surface area contributed by atoms with Gasteiger partial charge in [0.15, 0.2) is 0 Å². The molecule has 16 heavy (non-hydrogen) atoms. The summed E-state index contributed by atoms with van der Waals surface area (Å²) in [5.41, 5.74) is 5.37. The maximum atomic E-state index is 12.1. The fraction of sp³-hybridized carbons (Fsp3) is 0.500. The Labute approximate surface area is 98.8 Å². The van der Waals surface area contributed by atoms with Crippen LogP contribution in [0.5, 0.6) is 0 Å². The lowest BCUT2D eigenvalue weighted by molar-refractivity contribution is 0.440. The van der Waals surface area contributed by atoms with E-state index in [2.05, 4.69) is 16.8 Å². The zero-order valence-corrected chi connectivity index (χ0v) is 10.6. The number of sulfonamides is 1. The van der Waals surface area contributed by atoms with E-state index in [-0.39, 0.29) is 16.0 Å². The minimum absolute atomic E-state index is 0.0692. The van der Waals surface area contributed by atoms with Gasteiger partial charge in [-0.1, -0.05) is 24.3 Å². The first-order chi connectivity index (χ1) is 7.52. The molecule has 2 N–H and O–H groups in total. The third-order valence-corrected chi connectivity index (χ3v) is 4.75. The van der Waals surface area contributed by atoms with Crippen molar-refractivity contribution < 1.29 is 8.42 Å². The smallest absolute Gasteiger partial charge is 0.272 e. The Morgan fingerprint density at radius 2 is 2.25 bits per heavy atom. The van der Waals surface area contributed by atoms with Crippen molar-refractivity contribution in [3.8, 4) is 0 Å². The standard InChI is InChI=1S/C8H14N4O2S2/c1-3-5-12(6-4-2)16(13,14)8-11-10-7(9)15-8/h3H,1,4-6H2,2H3,(H2,9,10). The molecule has 0 bridgehead atoms. The van der Waals surface area contributed by atoms with Gasteiger partial charge in [-0.05, 0) is 6.42 Å². The molecule has 0 atom stereocenters. The van der Waals surface area contributed by atoms with Gasteiger partial charge in [-0.25, -0.2) is 8.42 Å². The summed E-state index contributed by atoms with van der Waals surface area (Å²) in [6, 6.07) is 0. The van der Waals surface area contributed by atoms with Crippen molar-refractivity contribution in [2.75, 3.05) is 18.8 Å². The van der Waals surface area contributed by atoms with Crippen LogP contribution in [0.4, 0.5) is 5.13 Å². The number of nitrogens with two attached hydrogens (primary N) is 1. The molecule has 8 heteroatoms. The van der Waals surface area contributed by atoms with Crippen LogP contribution in [0.1, 0.15) is 13.3 Å². The second kappa shape index (κ2) is 5.37. The molecule has 0 saturated carbocycles. The van der Waals surface area contributed by atoms with Crippen LogP contribution in [-0.4, -0.2) is 36.0 Å². The summed E-state index contributed by atoms with van der Waals surface area (Å²) in [5.74, 6) is 0. The van der Waals surface area contributed by atoms with Gasteiger partial charge in [0.2, 0.25) is 9.47 Å². The number of nitrogens with zero attached hydrogens (tertiary/aromatic N) is 3. The molecule has 0 fully saturated rings. The monoisotopic (exact) mass is 262 g/mol. The first-order valence-electron chi connectivity index (χ1n) is 4.72. The topological polar surface area (TPSA) is 89.2 Å². The lowest BCUT2D eigenvalue weighted by Gasteiger charge is -2.17. The van der Waals surface area contributed by atoms with Gasteiger partial charge in [-0.2, -0.15) is 4.31 Å². The van der Waals surface area contributed by atoms with Gasteiger partial charge in [-0.15, -0.1) is 16.8 Å². The summed E-state index contributed by atoms with van der Waals surface area (Å²) in [6.07, 6.45) is 2.26. The van der Waals surface area contributed by atoms with Crippen LogP contribution in [0.2, 0.25) is 0 Å². The lowest BCUT2D eigenvalue weighted by atomic mass is 10.5. The molecule has 0 aliphatic carbocycles. The Hall–Kier alpha value is -0.990. The molecule has 0 aliphatic rings. The molecule has 90 valence electrons. The highest BCUT2D eigenvalue weighted by atomic mass is 32.2. The van der Waals surface area contributed by atoms with Crippen LogP contribution in [0.25, 0.3) is 0 Å². The van der Waals surface area contributed by atoms with Gasteiger partial charge in [-0.3, -0.25) is 0 Å². The Balaban J connectivity index is 3.02. The number of hydrogen-bond acceptors (Lipinski definition) is 6. The summed E-state index contributed by atoms with van der Waals surface area (Å²) in [5, 5.41) is 7.20. The molecular formula is C8H14N4O2S2. The maximum absolute atomic E-state index is 12.1. The van der Waals surface area contributed by atoms with E-state index in [1.165, 1.54) is 10.4 Å². The predicted molar refractivity (Wildman–Crippen MR) is 63.6 cm³/mol. The Morgan fingerprint density at radius 3 is 2.69 bits per heavy atom. The lowest BCUT2D eigenvalue weighted by Crippen LogP contribution is -2.31. The van der Waals surface area contributed by atoms with Crippen LogP contribution < -0.4 is 5.73 Å². The highest BCUT2D eigenvalue weighted by molar-refractivity contribution is 7.91. The molecule has 0 amide bonds. The number of nitrogen functional groups attached to an aromatic ring is 1. The molecular weight excluding hydrogens is 248 g/mol. The van der Waals surface area contributed by atoms with Crippen LogP contribution in [0, 0.1) is 0 Å². The van der Waals surface area contributed by atoms with Gasteiger partial charge in [0.1, 0.15) is 0 Å². The van der Waals surface area contributed by atoms with Crippen molar-refractivity contribution in [2.24, 2.45) is 0 Å². The highest BCUT2D eigenvalue weighted by Gasteiger charge is 2.26.